The zero-order chi connectivity index (χ0) is 14.2. The minimum Gasteiger partial charge on any atom is -0.342 e. The van der Waals surface area contributed by atoms with E-state index in [9.17, 15) is 4.79 Å². The van der Waals surface area contributed by atoms with Crippen molar-refractivity contribution in [3.63, 3.8) is 0 Å². The van der Waals surface area contributed by atoms with Gasteiger partial charge in [-0.3, -0.25) is 4.79 Å². The second kappa shape index (κ2) is 5.88. The Morgan fingerprint density at radius 2 is 1.85 bits per heavy atom. The van der Waals surface area contributed by atoms with Gasteiger partial charge in [0.2, 0.25) is 5.91 Å². The summed E-state index contributed by atoms with van der Waals surface area (Å²) >= 11 is 2.09. The normalized spacial score (nSPS) is 31.3. The largest absolute Gasteiger partial charge is 0.342 e. The minimum atomic E-state index is 0.384. The topological polar surface area (TPSA) is 32.3 Å². The summed E-state index contributed by atoms with van der Waals surface area (Å²) in [6.07, 6.45) is 5.83. The number of carbonyl (C=O) groups excluding carboxylic acids is 1. The third kappa shape index (κ3) is 3.70. The summed E-state index contributed by atoms with van der Waals surface area (Å²) in [6, 6.07) is 1.29. The molecule has 0 bridgehead atoms. The highest BCUT2D eigenvalue weighted by atomic mass is 32.2. The van der Waals surface area contributed by atoms with Crippen molar-refractivity contribution < 1.29 is 4.79 Å². The second-order valence-electron chi connectivity index (χ2n) is 7.62. The van der Waals surface area contributed by atoms with Gasteiger partial charge in [0.25, 0.3) is 0 Å². The smallest absolute Gasteiger partial charge is 0.225 e. The number of nitrogens with zero attached hydrogens (tertiary/aromatic N) is 1. The summed E-state index contributed by atoms with van der Waals surface area (Å²) in [5.74, 6) is 3.36. The van der Waals surface area contributed by atoms with Gasteiger partial charge in [0, 0.05) is 36.8 Å². The van der Waals surface area contributed by atoms with Gasteiger partial charge in [-0.1, -0.05) is 13.8 Å². The van der Waals surface area contributed by atoms with Crippen molar-refractivity contribution in [2.75, 3.05) is 24.6 Å². The first-order valence-corrected chi connectivity index (χ1v) is 9.31. The Kier molecular flexibility index (Phi) is 4.32. The van der Waals surface area contributed by atoms with E-state index in [0.29, 0.717) is 29.3 Å². The number of nitrogens with one attached hydrogen (secondary N) is 1. The molecule has 0 spiro atoms. The van der Waals surface area contributed by atoms with Crippen LogP contribution in [0, 0.1) is 11.3 Å². The van der Waals surface area contributed by atoms with Crippen LogP contribution in [0.3, 0.4) is 0 Å². The Labute approximate surface area is 127 Å². The van der Waals surface area contributed by atoms with E-state index in [1.165, 1.54) is 17.9 Å². The molecule has 3 aliphatic rings. The maximum atomic E-state index is 12.0. The number of carbonyl (C=O) groups is 1. The number of piperidine rings is 1. The van der Waals surface area contributed by atoms with Crippen LogP contribution in [-0.2, 0) is 4.79 Å². The molecule has 0 aromatic carbocycles. The quantitative estimate of drug-likeness (QED) is 0.868. The molecule has 0 aromatic rings. The fourth-order valence-electron chi connectivity index (χ4n) is 3.56. The van der Waals surface area contributed by atoms with Gasteiger partial charge >= 0.3 is 0 Å². The van der Waals surface area contributed by atoms with Crippen molar-refractivity contribution in [2.45, 2.75) is 58.0 Å². The lowest BCUT2D eigenvalue weighted by Gasteiger charge is -2.39. The second-order valence-corrected chi connectivity index (χ2v) is 8.65. The van der Waals surface area contributed by atoms with Crippen LogP contribution in [0.1, 0.15) is 46.0 Å². The molecule has 0 radical (unpaired) electrons. The van der Waals surface area contributed by atoms with E-state index in [2.05, 4.69) is 35.8 Å². The van der Waals surface area contributed by atoms with Gasteiger partial charge in [-0.05, 0) is 43.3 Å². The molecule has 1 amide bonds. The zero-order valence-electron chi connectivity index (χ0n) is 12.9. The van der Waals surface area contributed by atoms with Crippen molar-refractivity contribution in [3.05, 3.63) is 0 Å². The highest BCUT2D eigenvalue weighted by Crippen LogP contribution is 2.34. The fraction of sp³-hybridized carbons (Fsp3) is 0.938. The molecule has 0 aromatic heterocycles. The third-order valence-electron chi connectivity index (χ3n) is 4.82. The van der Waals surface area contributed by atoms with Gasteiger partial charge in [0.15, 0.2) is 0 Å². The molecule has 3 nitrogen and oxygen atoms in total. The van der Waals surface area contributed by atoms with Gasteiger partial charge in [-0.2, -0.15) is 11.8 Å². The van der Waals surface area contributed by atoms with Crippen molar-refractivity contribution in [1.82, 2.24) is 10.2 Å². The first-order valence-electron chi connectivity index (χ1n) is 8.16. The van der Waals surface area contributed by atoms with Crippen molar-refractivity contribution in [2.24, 2.45) is 11.3 Å². The Morgan fingerprint density at radius 1 is 1.15 bits per heavy atom. The van der Waals surface area contributed by atoms with E-state index < -0.39 is 0 Å². The lowest BCUT2D eigenvalue weighted by Crippen LogP contribution is -2.50. The first kappa shape index (κ1) is 14.7. The van der Waals surface area contributed by atoms with Crippen molar-refractivity contribution in [1.29, 1.82) is 0 Å². The number of thioether (sulfide) groups is 1. The molecular formula is C16H28N2OS. The molecule has 2 saturated heterocycles. The lowest BCUT2D eigenvalue weighted by molar-refractivity contribution is -0.133. The minimum absolute atomic E-state index is 0.384. The molecule has 4 heteroatoms. The predicted octanol–water partition coefficient (Wildman–Crippen LogP) is 2.51. The van der Waals surface area contributed by atoms with Gasteiger partial charge in [-0.15, -0.1) is 0 Å². The fourth-order valence-corrected chi connectivity index (χ4v) is 4.84. The van der Waals surface area contributed by atoms with Gasteiger partial charge in [0.1, 0.15) is 0 Å². The third-order valence-corrected chi connectivity index (χ3v) is 6.44. The SMILES string of the molecule is CC1(C)CSCC(NC2CCN(C(=O)C3CC3)CC2)C1. The van der Waals surface area contributed by atoms with Crippen LogP contribution in [0.15, 0.2) is 0 Å². The summed E-state index contributed by atoms with van der Waals surface area (Å²) in [6.45, 7) is 6.70. The Hall–Kier alpha value is -0.220. The van der Waals surface area contributed by atoms with Crippen molar-refractivity contribution in [3.8, 4) is 0 Å². The molecule has 1 aliphatic carbocycles. The molecule has 1 saturated carbocycles. The first-order chi connectivity index (χ1) is 9.53. The number of amides is 1. The molecule has 2 heterocycles. The Bertz CT molecular complexity index is 359. The number of hydrogen-bond donors (Lipinski definition) is 1. The molecule has 114 valence electrons. The van der Waals surface area contributed by atoms with E-state index in [1.54, 1.807) is 0 Å². The van der Waals surface area contributed by atoms with E-state index in [-0.39, 0.29) is 0 Å². The zero-order valence-corrected chi connectivity index (χ0v) is 13.7. The van der Waals surface area contributed by atoms with Gasteiger partial charge in [0.05, 0.1) is 0 Å². The molecule has 2 aliphatic heterocycles. The predicted molar refractivity (Wildman–Crippen MR) is 85.0 cm³/mol. The highest BCUT2D eigenvalue weighted by molar-refractivity contribution is 7.99. The van der Waals surface area contributed by atoms with Crippen LogP contribution >= 0.6 is 11.8 Å². The molecule has 20 heavy (non-hydrogen) atoms. The maximum absolute atomic E-state index is 12.0. The van der Waals surface area contributed by atoms with Crippen LogP contribution < -0.4 is 5.32 Å². The highest BCUT2D eigenvalue weighted by Gasteiger charge is 2.35. The average molecular weight is 296 g/mol. The lowest BCUT2D eigenvalue weighted by atomic mass is 9.87. The van der Waals surface area contributed by atoms with E-state index in [1.807, 2.05) is 0 Å². The van der Waals surface area contributed by atoms with Crippen LogP contribution in [0.4, 0.5) is 0 Å². The summed E-state index contributed by atoms with van der Waals surface area (Å²) in [7, 11) is 0. The maximum Gasteiger partial charge on any atom is 0.225 e. The molecule has 3 fully saturated rings. The van der Waals surface area contributed by atoms with Gasteiger partial charge in [-0.25, -0.2) is 0 Å². The summed E-state index contributed by atoms with van der Waals surface area (Å²) in [5, 5.41) is 3.86. The van der Waals surface area contributed by atoms with Crippen LogP contribution in [0.5, 0.6) is 0 Å². The average Bonchev–Trinajstić information content (AvgIpc) is 3.22. The molecule has 1 unspecified atom stereocenters. The number of likely N-dealkylation sites (tertiary alicyclic amines) is 1. The van der Waals surface area contributed by atoms with Crippen LogP contribution in [0.25, 0.3) is 0 Å². The Balaban J connectivity index is 1.43. The number of hydrogen-bond acceptors (Lipinski definition) is 3. The van der Waals surface area contributed by atoms with E-state index >= 15 is 0 Å². The van der Waals surface area contributed by atoms with Crippen LogP contribution in [0.2, 0.25) is 0 Å². The monoisotopic (exact) mass is 296 g/mol. The van der Waals surface area contributed by atoms with Crippen molar-refractivity contribution >= 4 is 17.7 Å². The standard InChI is InChI=1S/C16H28N2OS/c1-16(2)9-14(10-20-11-16)17-13-5-7-18(8-6-13)15(19)12-3-4-12/h12-14,17H,3-11H2,1-2H3. The molecule has 3 rings (SSSR count). The van der Waals surface area contributed by atoms with Crippen LogP contribution in [-0.4, -0.2) is 47.5 Å². The molecule has 1 atom stereocenters. The summed E-state index contributed by atoms with van der Waals surface area (Å²) < 4.78 is 0. The molecular weight excluding hydrogens is 268 g/mol. The van der Waals surface area contributed by atoms with Gasteiger partial charge < -0.3 is 10.2 Å². The Morgan fingerprint density at radius 3 is 2.45 bits per heavy atom. The van der Waals surface area contributed by atoms with E-state index in [4.69, 9.17) is 0 Å². The van der Waals surface area contributed by atoms with E-state index in [0.717, 1.165) is 38.8 Å². The number of rotatable bonds is 3. The summed E-state index contributed by atoms with van der Waals surface area (Å²) in [5.41, 5.74) is 0.475. The summed E-state index contributed by atoms with van der Waals surface area (Å²) in [4.78, 5) is 14.2. The molecule has 1 N–H and O–H groups in total.